The van der Waals surface area contributed by atoms with E-state index in [9.17, 15) is 4.79 Å². The monoisotopic (exact) mass is 171 g/mol. The summed E-state index contributed by atoms with van der Waals surface area (Å²) in [4.78, 5) is 11.4. The maximum Gasteiger partial charge on any atom is 0.138 e. The summed E-state index contributed by atoms with van der Waals surface area (Å²) in [6, 6.07) is 0. The highest BCUT2D eigenvalue weighted by atomic mass is 16.1. The fourth-order valence-corrected chi connectivity index (χ4v) is 0.982. The molecule has 0 atom stereocenters. The highest BCUT2D eigenvalue weighted by molar-refractivity contribution is 5.83. The number of rotatable bonds is 5. The average molecular weight is 171 g/mol. The van der Waals surface area contributed by atoms with Crippen molar-refractivity contribution in [3.05, 3.63) is 0 Å². The number of carbonyl (C=O) groups excluding carboxylic acids is 1. The molecule has 0 saturated heterocycles. The summed E-state index contributed by atoms with van der Waals surface area (Å²) in [6.07, 6.45) is 3.83. The number of hydrogen-bond donors (Lipinski definition) is 1. The van der Waals surface area contributed by atoms with E-state index in [-0.39, 0.29) is 5.41 Å². The van der Waals surface area contributed by atoms with E-state index in [0.717, 1.165) is 25.8 Å². The Morgan fingerprint density at radius 3 is 2.17 bits per heavy atom. The van der Waals surface area contributed by atoms with Crippen LogP contribution in [0.1, 0.15) is 46.5 Å². The molecule has 2 N–H and O–H groups in total. The first-order valence-corrected chi connectivity index (χ1v) is 4.72. The van der Waals surface area contributed by atoms with Crippen molar-refractivity contribution in [3.8, 4) is 0 Å². The van der Waals surface area contributed by atoms with Crippen molar-refractivity contribution >= 4 is 5.78 Å². The maximum absolute atomic E-state index is 11.4. The molecule has 0 aliphatic heterocycles. The molecule has 0 aliphatic rings. The zero-order valence-electron chi connectivity index (χ0n) is 8.52. The van der Waals surface area contributed by atoms with Gasteiger partial charge in [-0.3, -0.25) is 4.79 Å². The Labute approximate surface area is 75.5 Å². The smallest absolute Gasteiger partial charge is 0.138 e. The van der Waals surface area contributed by atoms with Crippen molar-refractivity contribution in [1.82, 2.24) is 0 Å². The van der Waals surface area contributed by atoms with E-state index in [1.807, 2.05) is 20.8 Å². The van der Waals surface area contributed by atoms with E-state index in [2.05, 4.69) is 0 Å². The third kappa shape index (κ3) is 5.30. The molecular formula is C10H21NO. The molecule has 0 aromatic rings. The number of carbonyl (C=O) groups is 1. The minimum Gasteiger partial charge on any atom is -0.330 e. The van der Waals surface area contributed by atoms with E-state index in [1.54, 1.807) is 0 Å². The van der Waals surface area contributed by atoms with Crippen molar-refractivity contribution in [2.45, 2.75) is 46.5 Å². The Morgan fingerprint density at radius 2 is 1.75 bits per heavy atom. The summed E-state index contributed by atoms with van der Waals surface area (Å²) in [5, 5.41) is 0. The molecule has 0 heterocycles. The third-order valence-electron chi connectivity index (χ3n) is 1.94. The zero-order chi connectivity index (χ0) is 9.61. The van der Waals surface area contributed by atoms with Gasteiger partial charge in [-0.1, -0.05) is 27.2 Å². The lowest BCUT2D eigenvalue weighted by atomic mass is 9.88. The molecule has 0 amide bonds. The van der Waals surface area contributed by atoms with Crippen LogP contribution in [0.15, 0.2) is 0 Å². The minimum atomic E-state index is -0.164. The molecule has 0 unspecified atom stereocenters. The van der Waals surface area contributed by atoms with Crippen LogP contribution in [0.2, 0.25) is 0 Å². The molecule has 0 aromatic heterocycles. The summed E-state index contributed by atoms with van der Waals surface area (Å²) in [6.45, 7) is 6.65. The largest absolute Gasteiger partial charge is 0.330 e. The van der Waals surface area contributed by atoms with Crippen LogP contribution in [-0.4, -0.2) is 12.3 Å². The highest BCUT2D eigenvalue weighted by Gasteiger charge is 2.19. The normalized spacial score (nSPS) is 11.7. The summed E-state index contributed by atoms with van der Waals surface area (Å²) in [5.74, 6) is 0.361. The Bertz CT molecular complexity index is 135. The van der Waals surface area contributed by atoms with Crippen LogP contribution < -0.4 is 5.73 Å². The first-order chi connectivity index (χ1) is 5.48. The van der Waals surface area contributed by atoms with Gasteiger partial charge in [-0.15, -0.1) is 0 Å². The van der Waals surface area contributed by atoms with Crippen molar-refractivity contribution in [2.75, 3.05) is 6.54 Å². The summed E-state index contributed by atoms with van der Waals surface area (Å²) in [5.41, 5.74) is 5.18. The lowest BCUT2D eigenvalue weighted by Crippen LogP contribution is -2.19. The number of unbranched alkanes of at least 4 members (excludes halogenated alkanes) is 2. The van der Waals surface area contributed by atoms with Crippen LogP contribution in [0.25, 0.3) is 0 Å². The molecule has 0 spiro atoms. The van der Waals surface area contributed by atoms with Gasteiger partial charge >= 0.3 is 0 Å². The van der Waals surface area contributed by atoms with Gasteiger partial charge in [-0.25, -0.2) is 0 Å². The summed E-state index contributed by atoms with van der Waals surface area (Å²) in [7, 11) is 0. The molecule has 72 valence electrons. The molecule has 0 bridgehead atoms. The van der Waals surface area contributed by atoms with Gasteiger partial charge in [0.05, 0.1) is 0 Å². The SMILES string of the molecule is CC(C)(C)C(=O)CCCCCN. The fraction of sp³-hybridized carbons (Fsp3) is 0.900. The number of nitrogens with two attached hydrogens (primary N) is 1. The molecule has 0 fully saturated rings. The van der Waals surface area contributed by atoms with E-state index in [1.165, 1.54) is 0 Å². The van der Waals surface area contributed by atoms with Gasteiger partial charge < -0.3 is 5.73 Å². The van der Waals surface area contributed by atoms with Crippen LogP contribution >= 0.6 is 0 Å². The Morgan fingerprint density at radius 1 is 1.17 bits per heavy atom. The second-order valence-corrected chi connectivity index (χ2v) is 4.27. The molecule has 12 heavy (non-hydrogen) atoms. The van der Waals surface area contributed by atoms with Crippen LogP contribution in [0.4, 0.5) is 0 Å². The van der Waals surface area contributed by atoms with Gasteiger partial charge in [0.2, 0.25) is 0 Å². The maximum atomic E-state index is 11.4. The standard InChI is InChI=1S/C10H21NO/c1-10(2,3)9(12)7-5-4-6-8-11/h4-8,11H2,1-3H3. The van der Waals surface area contributed by atoms with Crippen LogP contribution in [-0.2, 0) is 4.79 Å². The zero-order valence-corrected chi connectivity index (χ0v) is 8.52. The number of Topliss-reactive ketones (excluding diaryl/α,β-unsaturated/α-hetero) is 1. The lowest BCUT2D eigenvalue weighted by molar-refractivity contribution is -0.126. The van der Waals surface area contributed by atoms with E-state index in [0.29, 0.717) is 12.2 Å². The Balaban J connectivity index is 3.45. The Hall–Kier alpha value is -0.370. The predicted molar refractivity (Wildman–Crippen MR) is 52.0 cm³/mol. The molecule has 0 aliphatic carbocycles. The van der Waals surface area contributed by atoms with Crippen LogP contribution in [0.3, 0.4) is 0 Å². The fourth-order valence-electron chi connectivity index (χ4n) is 0.982. The van der Waals surface area contributed by atoms with Crippen LogP contribution in [0.5, 0.6) is 0 Å². The second-order valence-electron chi connectivity index (χ2n) is 4.27. The van der Waals surface area contributed by atoms with Gasteiger partial charge in [0.25, 0.3) is 0 Å². The van der Waals surface area contributed by atoms with Gasteiger partial charge in [0, 0.05) is 11.8 Å². The molecule has 0 radical (unpaired) electrons. The second kappa shape index (κ2) is 5.31. The highest BCUT2D eigenvalue weighted by Crippen LogP contribution is 2.18. The van der Waals surface area contributed by atoms with Gasteiger partial charge in [-0.05, 0) is 19.4 Å². The number of hydrogen-bond acceptors (Lipinski definition) is 2. The molecule has 0 rings (SSSR count). The van der Waals surface area contributed by atoms with Crippen molar-refractivity contribution in [3.63, 3.8) is 0 Å². The quantitative estimate of drug-likeness (QED) is 0.644. The molecule has 2 nitrogen and oxygen atoms in total. The third-order valence-corrected chi connectivity index (χ3v) is 1.94. The molecule has 0 aromatic carbocycles. The van der Waals surface area contributed by atoms with Crippen molar-refractivity contribution < 1.29 is 4.79 Å². The lowest BCUT2D eigenvalue weighted by Gasteiger charge is -2.15. The Kier molecular flexibility index (Phi) is 5.14. The van der Waals surface area contributed by atoms with Crippen LogP contribution in [0, 0.1) is 5.41 Å². The minimum absolute atomic E-state index is 0.164. The number of ketones is 1. The van der Waals surface area contributed by atoms with E-state index >= 15 is 0 Å². The van der Waals surface area contributed by atoms with Gasteiger partial charge in [-0.2, -0.15) is 0 Å². The summed E-state index contributed by atoms with van der Waals surface area (Å²) < 4.78 is 0. The van der Waals surface area contributed by atoms with Crippen molar-refractivity contribution in [2.24, 2.45) is 11.1 Å². The average Bonchev–Trinajstić information content (AvgIpc) is 1.96. The first-order valence-electron chi connectivity index (χ1n) is 4.72. The van der Waals surface area contributed by atoms with Crippen molar-refractivity contribution in [1.29, 1.82) is 0 Å². The molecule has 2 heteroatoms. The topological polar surface area (TPSA) is 43.1 Å². The van der Waals surface area contributed by atoms with Gasteiger partial charge in [0.1, 0.15) is 5.78 Å². The molecular weight excluding hydrogens is 150 g/mol. The van der Waals surface area contributed by atoms with E-state index < -0.39 is 0 Å². The molecule has 0 saturated carbocycles. The predicted octanol–water partition coefficient (Wildman–Crippen LogP) is 2.12. The first kappa shape index (κ1) is 11.6. The summed E-state index contributed by atoms with van der Waals surface area (Å²) >= 11 is 0. The van der Waals surface area contributed by atoms with E-state index in [4.69, 9.17) is 5.73 Å². The van der Waals surface area contributed by atoms with Gasteiger partial charge in [0.15, 0.2) is 0 Å².